The largest absolute Gasteiger partial charge is 0.494 e. The van der Waals surface area contributed by atoms with Crippen molar-refractivity contribution in [2.24, 2.45) is 0 Å². The van der Waals surface area contributed by atoms with E-state index in [1.165, 1.54) is 0 Å². The van der Waals surface area contributed by atoms with Gasteiger partial charge in [-0.3, -0.25) is 0 Å². The van der Waals surface area contributed by atoms with E-state index in [0.29, 0.717) is 5.56 Å². The molecule has 0 spiro atoms. The molecule has 3 heteroatoms. The summed E-state index contributed by atoms with van der Waals surface area (Å²) in [5.41, 5.74) is -0.186. The van der Waals surface area contributed by atoms with Gasteiger partial charge < -0.3 is 9.31 Å². The maximum absolute atomic E-state index is 8.85. The molecule has 0 amide bonds. The quantitative estimate of drug-likeness (QED) is 0.314. The normalized spacial score (nSPS) is 19.8. The Bertz CT molecular complexity index is 1390. The molecule has 5 rings (SSSR count). The first-order valence-corrected chi connectivity index (χ1v) is 9.90. The molecule has 1 heterocycles. The minimum Gasteiger partial charge on any atom is -0.399 e. The van der Waals surface area contributed by atoms with Crippen LogP contribution in [0, 0.1) is 0 Å². The summed E-state index contributed by atoms with van der Waals surface area (Å²) in [6.45, 7) is 7.61. The van der Waals surface area contributed by atoms with Crippen LogP contribution in [0.1, 0.15) is 33.2 Å². The van der Waals surface area contributed by atoms with E-state index >= 15 is 0 Å². The fourth-order valence-electron chi connectivity index (χ4n) is 3.80. The third-order valence-electron chi connectivity index (χ3n) is 6.17. The van der Waals surface area contributed by atoms with Crippen LogP contribution < -0.4 is 5.46 Å². The van der Waals surface area contributed by atoms with E-state index in [1.54, 1.807) is 0 Å². The van der Waals surface area contributed by atoms with E-state index in [9.17, 15) is 0 Å². The Morgan fingerprint density at radius 2 is 1.28 bits per heavy atom. The Morgan fingerprint density at radius 1 is 0.724 bits per heavy atom. The molecule has 0 aliphatic carbocycles. The Labute approximate surface area is 178 Å². The second-order valence-electron chi connectivity index (χ2n) is 8.57. The highest BCUT2D eigenvalue weighted by Gasteiger charge is 2.51. The smallest absolute Gasteiger partial charge is 0.399 e. The Kier molecular flexibility index (Phi) is 3.20. The summed E-state index contributed by atoms with van der Waals surface area (Å²) >= 11 is 0. The number of fused-ring (bicyclic) bond motifs is 3. The van der Waals surface area contributed by atoms with Gasteiger partial charge >= 0.3 is 7.12 Å². The molecule has 0 atom stereocenters. The third-order valence-corrected chi connectivity index (χ3v) is 6.17. The van der Waals surface area contributed by atoms with Crippen molar-refractivity contribution >= 4 is 34.1 Å². The zero-order chi connectivity index (χ0) is 23.7. The van der Waals surface area contributed by atoms with Crippen molar-refractivity contribution in [2.75, 3.05) is 0 Å². The highest BCUT2D eigenvalue weighted by Crippen LogP contribution is 2.37. The molecule has 0 aromatic heterocycles. The molecule has 0 bridgehead atoms. The van der Waals surface area contributed by atoms with Gasteiger partial charge in [0.2, 0.25) is 0 Å². The molecule has 1 fully saturated rings. The van der Waals surface area contributed by atoms with Gasteiger partial charge in [0.15, 0.2) is 0 Å². The molecule has 1 aliphatic rings. The highest BCUT2D eigenvalue weighted by molar-refractivity contribution is 6.62. The first-order chi connectivity index (χ1) is 15.5. The van der Waals surface area contributed by atoms with Gasteiger partial charge in [0.25, 0.3) is 0 Å². The first kappa shape index (κ1) is 14.4. The first-order valence-electron chi connectivity index (χ1n) is 11.9. The highest BCUT2D eigenvalue weighted by atomic mass is 16.7. The van der Waals surface area contributed by atoms with Crippen molar-refractivity contribution in [2.45, 2.75) is 38.9 Å². The molecule has 0 radical (unpaired) electrons. The van der Waals surface area contributed by atoms with Crippen molar-refractivity contribution < 1.29 is 14.8 Å². The summed E-state index contributed by atoms with van der Waals surface area (Å²) in [4.78, 5) is 0. The number of rotatable bonds is 2. The van der Waals surface area contributed by atoms with Gasteiger partial charge in [0.1, 0.15) is 0 Å². The lowest BCUT2D eigenvalue weighted by Crippen LogP contribution is -2.41. The maximum atomic E-state index is 8.85. The van der Waals surface area contributed by atoms with E-state index in [0.717, 1.165) is 21.5 Å². The van der Waals surface area contributed by atoms with Gasteiger partial charge in [0.05, 0.1) is 16.7 Å². The summed E-state index contributed by atoms with van der Waals surface area (Å²) < 4.78 is 47.4. The van der Waals surface area contributed by atoms with Crippen molar-refractivity contribution in [1.29, 1.82) is 0 Å². The molecular formula is C26H25BO2. The molecule has 0 unspecified atom stereocenters. The van der Waals surface area contributed by atoms with Crippen LogP contribution in [-0.2, 0) is 9.31 Å². The zero-order valence-electron chi connectivity index (χ0n) is 21.1. The molecule has 4 aromatic rings. The van der Waals surface area contributed by atoms with Crippen LogP contribution in [0.3, 0.4) is 0 Å². The van der Waals surface area contributed by atoms with E-state index in [2.05, 4.69) is 6.07 Å². The van der Waals surface area contributed by atoms with Crippen LogP contribution in [0.4, 0.5) is 0 Å². The minimum absolute atomic E-state index is 0.0962. The van der Waals surface area contributed by atoms with Crippen LogP contribution >= 0.6 is 0 Å². The number of benzene rings is 4. The third kappa shape index (κ3) is 2.97. The van der Waals surface area contributed by atoms with Gasteiger partial charge in [-0.2, -0.15) is 0 Å². The molecule has 1 aliphatic heterocycles. The summed E-state index contributed by atoms with van der Waals surface area (Å²) in [6, 6.07) is 17.4. The summed E-state index contributed by atoms with van der Waals surface area (Å²) in [5, 5.41) is 3.97. The van der Waals surface area contributed by atoms with Crippen LogP contribution in [-0.4, -0.2) is 18.3 Å². The average Bonchev–Trinajstić information content (AvgIpc) is 2.99. The fourth-order valence-corrected chi connectivity index (χ4v) is 3.80. The lowest BCUT2D eigenvalue weighted by molar-refractivity contribution is 0.00578. The van der Waals surface area contributed by atoms with Gasteiger partial charge in [-0.1, -0.05) is 72.7 Å². The predicted octanol–water partition coefficient (Wildman–Crippen LogP) is 5.96. The van der Waals surface area contributed by atoms with Gasteiger partial charge in [0, 0.05) is 0 Å². The average molecular weight is 384 g/mol. The molecule has 2 nitrogen and oxygen atoms in total. The number of hydrogen-bond acceptors (Lipinski definition) is 2. The molecule has 29 heavy (non-hydrogen) atoms. The van der Waals surface area contributed by atoms with Crippen molar-refractivity contribution in [3.05, 3.63) is 78.8 Å². The topological polar surface area (TPSA) is 18.5 Å². The van der Waals surface area contributed by atoms with Gasteiger partial charge in [-0.05, 0) is 71.9 Å². The monoisotopic (exact) mass is 384 g/mol. The van der Waals surface area contributed by atoms with Crippen LogP contribution in [0.15, 0.2) is 78.8 Å². The second kappa shape index (κ2) is 6.45. The van der Waals surface area contributed by atoms with E-state index in [1.807, 2.05) is 76.2 Å². The summed E-state index contributed by atoms with van der Waals surface area (Å²) in [5.74, 6) is 0. The maximum Gasteiger partial charge on any atom is 0.494 e. The molecular weight excluding hydrogens is 355 g/mol. The lowest BCUT2D eigenvalue weighted by atomic mass is 9.78. The van der Waals surface area contributed by atoms with Gasteiger partial charge in [-0.25, -0.2) is 0 Å². The number of hydrogen-bond donors (Lipinski definition) is 0. The van der Waals surface area contributed by atoms with Crippen molar-refractivity contribution in [3.8, 4) is 11.1 Å². The zero-order valence-corrected chi connectivity index (χ0v) is 17.1. The molecule has 0 saturated carbocycles. The Balaban J connectivity index is 1.77. The van der Waals surface area contributed by atoms with Crippen molar-refractivity contribution in [1.82, 2.24) is 0 Å². The van der Waals surface area contributed by atoms with Crippen LogP contribution in [0.25, 0.3) is 32.7 Å². The SMILES string of the molecule is [2H]c1c([2H])c(-c2cc3ccccc3c3ccccc23)c([2H])c([2H])c1B1OC(C)(C)C(C)(C)O1. The molecule has 0 N–H and O–H groups in total. The second-order valence-corrected chi connectivity index (χ2v) is 8.57. The predicted molar refractivity (Wildman–Crippen MR) is 123 cm³/mol. The lowest BCUT2D eigenvalue weighted by Gasteiger charge is -2.32. The van der Waals surface area contributed by atoms with E-state index in [-0.39, 0.29) is 35.2 Å². The van der Waals surface area contributed by atoms with Crippen LogP contribution in [0.5, 0.6) is 0 Å². The van der Waals surface area contributed by atoms with E-state index < -0.39 is 18.3 Å². The molecule has 4 aromatic carbocycles. The Hall–Kier alpha value is -2.62. The molecule has 144 valence electrons. The fraction of sp³-hybridized carbons (Fsp3) is 0.231. The minimum atomic E-state index is -0.967. The Morgan fingerprint density at radius 3 is 1.93 bits per heavy atom. The standard InChI is InChI=1S/C26H25BO2/c1-25(2)26(3,4)29-27(28-25)20-15-13-18(14-16-20)24-17-19-9-5-6-10-21(19)22-11-7-8-12-23(22)24/h5-17H,1-4H3/i13D,14D,15D,16D. The molecule has 1 saturated heterocycles. The van der Waals surface area contributed by atoms with E-state index in [4.69, 9.17) is 14.8 Å². The van der Waals surface area contributed by atoms with Gasteiger partial charge in [-0.15, -0.1) is 0 Å². The van der Waals surface area contributed by atoms with Crippen molar-refractivity contribution in [3.63, 3.8) is 0 Å². The van der Waals surface area contributed by atoms with Crippen LogP contribution in [0.2, 0.25) is 0 Å². The summed E-state index contributed by atoms with van der Waals surface area (Å²) in [6.07, 6.45) is 0. The summed E-state index contributed by atoms with van der Waals surface area (Å²) in [7, 11) is -0.967.